The minimum atomic E-state index is -0.565. The van der Waals surface area contributed by atoms with Gasteiger partial charge in [-0.05, 0) is 39.0 Å². The highest BCUT2D eigenvalue weighted by Crippen LogP contribution is 2.35. The summed E-state index contributed by atoms with van der Waals surface area (Å²) in [7, 11) is 0. The number of nitrogens with zero attached hydrogens (tertiary/aromatic N) is 1. The predicted octanol–water partition coefficient (Wildman–Crippen LogP) is 2.78. The fraction of sp³-hybridized carbons (Fsp3) is 0.467. The van der Waals surface area contributed by atoms with E-state index < -0.39 is 11.7 Å². The second kappa shape index (κ2) is 5.63. The molecule has 0 saturated carbocycles. The van der Waals surface area contributed by atoms with Crippen LogP contribution < -0.4 is 15.0 Å². The highest BCUT2D eigenvalue weighted by Gasteiger charge is 2.28. The van der Waals surface area contributed by atoms with E-state index in [4.69, 9.17) is 9.47 Å². The first-order chi connectivity index (χ1) is 9.76. The molecule has 0 radical (unpaired) electrons. The van der Waals surface area contributed by atoms with Gasteiger partial charge in [0.15, 0.2) is 0 Å². The molecule has 0 unspecified atom stereocenters. The van der Waals surface area contributed by atoms with Gasteiger partial charge in [0.2, 0.25) is 5.91 Å². The molecule has 1 aromatic rings. The molecular weight excluding hydrogens is 272 g/mol. The Hall–Kier alpha value is -2.24. The fourth-order valence-electron chi connectivity index (χ4n) is 2.01. The Morgan fingerprint density at radius 3 is 2.67 bits per heavy atom. The molecular formula is C15H20N2O4. The zero-order valence-electron chi connectivity index (χ0n) is 12.7. The van der Waals surface area contributed by atoms with Crippen LogP contribution in [0, 0.1) is 0 Å². The molecule has 1 aliphatic rings. The van der Waals surface area contributed by atoms with Gasteiger partial charge in [0, 0.05) is 12.6 Å². The zero-order valence-corrected chi connectivity index (χ0v) is 12.7. The summed E-state index contributed by atoms with van der Waals surface area (Å²) in [5, 5.41) is 2.69. The molecule has 6 nitrogen and oxygen atoms in total. The van der Waals surface area contributed by atoms with Gasteiger partial charge in [0.1, 0.15) is 18.0 Å². The van der Waals surface area contributed by atoms with Crippen LogP contribution >= 0.6 is 0 Å². The van der Waals surface area contributed by atoms with Crippen molar-refractivity contribution < 1.29 is 19.1 Å². The third-order valence-corrected chi connectivity index (χ3v) is 2.76. The summed E-state index contributed by atoms with van der Waals surface area (Å²) >= 11 is 0. The fourth-order valence-corrected chi connectivity index (χ4v) is 2.01. The summed E-state index contributed by atoms with van der Waals surface area (Å²) in [6.45, 7) is 7.71. The molecule has 0 spiro atoms. The number of benzene rings is 1. The van der Waals surface area contributed by atoms with Gasteiger partial charge < -0.3 is 14.8 Å². The molecule has 0 aromatic heterocycles. The Morgan fingerprint density at radius 1 is 1.33 bits per heavy atom. The van der Waals surface area contributed by atoms with E-state index in [0.717, 1.165) is 0 Å². The van der Waals surface area contributed by atoms with E-state index in [2.05, 4.69) is 5.32 Å². The number of hydrogen-bond acceptors (Lipinski definition) is 4. The third kappa shape index (κ3) is 3.87. The minimum Gasteiger partial charge on any atom is -0.490 e. The predicted molar refractivity (Wildman–Crippen MR) is 79.8 cm³/mol. The van der Waals surface area contributed by atoms with Crippen LogP contribution in [0.25, 0.3) is 0 Å². The molecule has 1 N–H and O–H groups in total. The highest BCUT2D eigenvalue weighted by molar-refractivity contribution is 5.94. The first-order valence-corrected chi connectivity index (χ1v) is 6.81. The van der Waals surface area contributed by atoms with Gasteiger partial charge in [0.25, 0.3) is 0 Å². The first-order valence-electron chi connectivity index (χ1n) is 6.81. The number of carbonyl (C=O) groups excluding carboxylic acids is 2. The monoisotopic (exact) mass is 292 g/mol. The maximum absolute atomic E-state index is 12.3. The van der Waals surface area contributed by atoms with Crippen molar-refractivity contribution in [3.8, 4) is 5.75 Å². The van der Waals surface area contributed by atoms with Gasteiger partial charge >= 0.3 is 6.09 Å². The average Bonchev–Trinajstić information content (AvgIpc) is 2.35. The average molecular weight is 292 g/mol. The number of hydrogen-bond donors (Lipinski definition) is 1. The molecule has 0 saturated heterocycles. The van der Waals surface area contributed by atoms with Crippen LogP contribution in [-0.2, 0) is 9.53 Å². The normalized spacial score (nSPS) is 14.0. The van der Waals surface area contributed by atoms with Crippen molar-refractivity contribution >= 4 is 23.4 Å². The second-order valence-electron chi connectivity index (χ2n) is 5.84. The topological polar surface area (TPSA) is 67.9 Å². The second-order valence-corrected chi connectivity index (χ2v) is 5.84. The molecule has 1 heterocycles. The molecule has 6 heteroatoms. The minimum absolute atomic E-state index is 0.171. The molecule has 2 rings (SSSR count). The molecule has 0 bridgehead atoms. The molecule has 0 fully saturated rings. The Morgan fingerprint density at radius 2 is 2.05 bits per heavy atom. The molecule has 114 valence electrons. The number of carbonyl (C=O) groups is 2. The third-order valence-electron chi connectivity index (χ3n) is 2.76. The van der Waals surface area contributed by atoms with Crippen molar-refractivity contribution in [1.29, 1.82) is 0 Å². The lowest BCUT2D eigenvalue weighted by Crippen LogP contribution is -2.41. The highest BCUT2D eigenvalue weighted by atomic mass is 16.6. The van der Waals surface area contributed by atoms with Crippen molar-refractivity contribution in [2.45, 2.75) is 33.3 Å². The Bertz CT molecular complexity index is 563. The smallest absolute Gasteiger partial charge is 0.415 e. The van der Waals surface area contributed by atoms with E-state index >= 15 is 0 Å². The van der Waals surface area contributed by atoms with Crippen LogP contribution in [0.3, 0.4) is 0 Å². The largest absolute Gasteiger partial charge is 0.490 e. The van der Waals surface area contributed by atoms with Crippen molar-refractivity contribution in [1.82, 2.24) is 0 Å². The van der Waals surface area contributed by atoms with Gasteiger partial charge in [-0.25, -0.2) is 4.79 Å². The molecule has 1 aliphatic heterocycles. The van der Waals surface area contributed by atoms with Crippen molar-refractivity contribution in [3.05, 3.63) is 18.2 Å². The van der Waals surface area contributed by atoms with Gasteiger partial charge in [-0.2, -0.15) is 0 Å². The number of rotatable bonds is 1. The van der Waals surface area contributed by atoms with Crippen molar-refractivity contribution in [3.63, 3.8) is 0 Å². The van der Waals surface area contributed by atoms with E-state index in [-0.39, 0.29) is 5.91 Å². The van der Waals surface area contributed by atoms with Gasteiger partial charge in [-0.1, -0.05) is 0 Å². The lowest BCUT2D eigenvalue weighted by Gasteiger charge is -2.31. The van der Waals surface area contributed by atoms with E-state index in [0.29, 0.717) is 30.3 Å². The van der Waals surface area contributed by atoms with Crippen LogP contribution in [-0.4, -0.2) is 30.8 Å². The van der Waals surface area contributed by atoms with Crippen LogP contribution in [0.15, 0.2) is 18.2 Å². The Kier molecular flexibility index (Phi) is 4.06. The summed E-state index contributed by atoms with van der Waals surface area (Å²) in [5.41, 5.74) is 0.646. The van der Waals surface area contributed by atoms with E-state index in [1.807, 2.05) is 20.8 Å². The van der Waals surface area contributed by atoms with Crippen LogP contribution in [0.2, 0.25) is 0 Å². The Balaban J connectivity index is 2.28. The number of nitrogens with one attached hydrogen (secondary N) is 1. The number of anilines is 2. The zero-order chi connectivity index (χ0) is 15.6. The summed E-state index contributed by atoms with van der Waals surface area (Å²) in [4.78, 5) is 24.9. The quantitative estimate of drug-likeness (QED) is 0.864. The van der Waals surface area contributed by atoms with Gasteiger partial charge in [-0.3, -0.25) is 9.69 Å². The standard InChI is InChI=1S/C15H20N2O4/c1-10(18)16-11-5-6-13-12(9-11)17(7-8-20-13)14(19)21-15(2,3)4/h5-6,9H,7-8H2,1-4H3,(H,16,18). The molecule has 2 amide bonds. The lowest BCUT2D eigenvalue weighted by molar-refractivity contribution is -0.114. The van der Waals surface area contributed by atoms with E-state index in [1.54, 1.807) is 18.2 Å². The maximum atomic E-state index is 12.3. The Labute approximate surface area is 124 Å². The summed E-state index contributed by atoms with van der Waals surface area (Å²) in [6, 6.07) is 5.18. The van der Waals surface area contributed by atoms with Crippen LogP contribution in [0.4, 0.5) is 16.2 Å². The SMILES string of the molecule is CC(=O)Nc1ccc2c(c1)N(C(=O)OC(C)(C)C)CCO2. The summed E-state index contributed by atoms with van der Waals surface area (Å²) in [5.74, 6) is 0.428. The number of amides is 2. The molecule has 0 aliphatic carbocycles. The van der Waals surface area contributed by atoms with Gasteiger partial charge in [0.05, 0.1) is 12.2 Å². The van der Waals surface area contributed by atoms with Gasteiger partial charge in [-0.15, -0.1) is 0 Å². The van der Waals surface area contributed by atoms with Crippen molar-refractivity contribution in [2.24, 2.45) is 0 Å². The summed E-state index contributed by atoms with van der Waals surface area (Å²) in [6.07, 6.45) is -0.424. The van der Waals surface area contributed by atoms with Crippen LogP contribution in [0.1, 0.15) is 27.7 Å². The van der Waals surface area contributed by atoms with Crippen LogP contribution in [0.5, 0.6) is 5.75 Å². The molecule has 21 heavy (non-hydrogen) atoms. The van der Waals surface area contributed by atoms with E-state index in [1.165, 1.54) is 11.8 Å². The number of ether oxygens (including phenoxy) is 2. The van der Waals surface area contributed by atoms with E-state index in [9.17, 15) is 9.59 Å². The maximum Gasteiger partial charge on any atom is 0.415 e. The van der Waals surface area contributed by atoms with Crippen molar-refractivity contribution in [2.75, 3.05) is 23.4 Å². The number of fused-ring (bicyclic) bond motifs is 1. The lowest BCUT2D eigenvalue weighted by atomic mass is 10.2. The first kappa shape index (κ1) is 15.2. The summed E-state index contributed by atoms with van der Waals surface area (Å²) < 4.78 is 10.9. The molecule has 0 atom stereocenters. The molecule has 1 aromatic carbocycles.